The van der Waals surface area contributed by atoms with E-state index in [1.807, 2.05) is 25.6 Å². The molecule has 0 aliphatic carbocycles. The second kappa shape index (κ2) is 9.53. The first-order chi connectivity index (χ1) is 10.7. The largest absolute Gasteiger partial charge is 0.294 e. The van der Waals surface area contributed by atoms with Gasteiger partial charge in [-0.2, -0.15) is 11.8 Å². The Labute approximate surface area is 149 Å². The number of hydrogen-bond acceptors (Lipinski definition) is 4. The summed E-state index contributed by atoms with van der Waals surface area (Å²) in [4.78, 5) is 24.8. The van der Waals surface area contributed by atoms with Crippen molar-refractivity contribution < 1.29 is 9.59 Å². The van der Waals surface area contributed by atoms with Crippen LogP contribution in [0.2, 0.25) is 0 Å². The Balaban J connectivity index is 2.88. The molecule has 0 N–H and O–H groups in total. The minimum Gasteiger partial charge on any atom is -0.294 e. The van der Waals surface area contributed by atoms with Crippen LogP contribution in [-0.4, -0.2) is 33.1 Å². The molecule has 0 radical (unpaired) electrons. The van der Waals surface area contributed by atoms with Crippen molar-refractivity contribution in [3.05, 3.63) is 35.4 Å². The molecule has 0 saturated heterocycles. The van der Waals surface area contributed by atoms with Crippen LogP contribution in [0.4, 0.5) is 0 Å². The van der Waals surface area contributed by atoms with Crippen LogP contribution in [0.15, 0.2) is 24.3 Å². The van der Waals surface area contributed by atoms with Gasteiger partial charge in [-0.15, -0.1) is 11.8 Å². The maximum Gasteiger partial charge on any atom is 0.176 e. The molecule has 0 aliphatic heterocycles. The second-order valence-corrected chi connectivity index (χ2v) is 9.91. The van der Waals surface area contributed by atoms with Crippen molar-refractivity contribution in [2.24, 2.45) is 5.92 Å². The number of Topliss-reactive ketones (excluding diaryl/α,β-unsaturated/α-hetero) is 2. The Bertz CT molecular complexity index is 519. The number of carbonyl (C=O) groups is 2. The number of rotatable bonds is 9. The highest BCUT2D eigenvalue weighted by Gasteiger charge is 2.23. The van der Waals surface area contributed by atoms with Crippen LogP contribution in [0.1, 0.15) is 62.3 Å². The Morgan fingerprint density at radius 3 is 1.70 bits per heavy atom. The van der Waals surface area contributed by atoms with Crippen molar-refractivity contribution in [2.75, 3.05) is 5.75 Å². The summed E-state index contributed by atoms with van der Waals surface area (Å²) >= 11 is 3.54. The first-order valence-corrected chi connectivity index (χ1v) is 10.2. The predicted molar refractivity (Wildman–Crippen MR) is 104 cm³/mol. The minimum absolute atomic E-state index is 0.0248. The molecule has 0 bridgehead atoms. The van der Waals surface area contributed by atoms with Gasteiger partial charge in [0.25, 0.3) is 0 Å². The van der Waals surface area contributed by atoms with Gasteiger partial charge in [0.15, 0.2) is 11.6 Å². The van der Waals surface area contributed by atoms with E-state index in [2.05, 4.69) is 27.7 Å². The lowest BCUT2D eigenvalue weighted by atomic mass is 9.99. The topological polar surface area (TPSA) is 34.1 Å². The lowest BCUT2D eigenvalue weighted by Gasteiger charge is -2.18. The van der Waals surface area contributed by atoms with Gasteiger partial charge >= 0.3 is 0 Å². The molecular weight excluding hydrogens is 324 g/mol. The summed E-state index contributed by atoms with van der Waals surface area (Å²) in [6.45, 7) is 12.3. The van der Waals surface area contributed by atoms with Gasteiger partial charge in [-0.1, -0.05) is 65.8 Å². The molecule has 0 amide bonds. The zero-order valence-electron chi connectivity index (χ0n) is 15.0. The summed E-state index contributed by atoms with van der Waals surface area (Å²) < 4.78 is 0. The Morgan fingerprint density at radius 1 is 0.826 bits per heavy atom. The van der Waals surface area contributed by atoms with E-state index in [4.69, 9.17) is 0 Å². The molecule has 1 aromatic rings. The summed E-state index contributed by atoms with van der Waals surface area (Å²) in [6.07, 6.45) is 0. The summed E-state index contributed by atoms with van der Waals surface area (Å²) in [5.74, 6) is 1.09. The SMILES string of the molecule is CC(C)SCC(SC(C)C)C(=O)c1ccc(C(=O)C(C)C)cc1. The molecule has 1 unspecified atom stereocenters. The Hall–Kier alpha value is -0.740. The number of benzene rings is 1. The van der Waals surface area contributed by atoms with Crippen LogP contribution >= 0.6 is 23.5 Å². The van der Waals surface area contributed by atoms with E-state index in [-0.39, 0.29) is 22.7 Å². The normalized spacial score (nSPS) is 12.9. The molecule has 2 nitrogen and oxygen atoms in total. The molecule has 0 aromatic heterocycles. The van der Waals surface area contributed by atoms with Gasteiger partial charge in [0.2, 0.25) is 0 Å². The van der Waals surface area contributed by atoms with E-state index in [1.54, 1.807) is 36.0 Å². The quantitative estimate of drug-likeness (QED) is 0.560. The van der Waals surface area contributed by atoms with Crippen LogP contribution in [0.5, 0.6) is 0 Å². The average molecular weight is 353 g/mol. The number of carbonyl (C=O) groups excluding carboxylic acids is 2. The molecule has 0 heterocycles. The van der Waals surface area contributed by atoms with Crippen LogP contribution in [0, 0.1) is 5.92 Å². The third kappa shape index (κ3) is 6.72. The fourth-order valence-electron chi connectivity index (χ4n) is 2.10. The van der Waals surface area contributed by atoms with Gasteiger partial charge in [-0.05, 0) is 10.5 Å². The fraction of sp³-hybridized carbons (Fsp3) is 0.579. The fourth-order valence-corrected chi connectivity index (χ4v) is 4.28. The lowest BCUT2D eigenvalue weighted by Crippen LogP contribution is -2.23. The van der Waals surface area contributed by atoms with Crippen LogP contribution in [0.25, 0.3) is 0 Å². The zero-order chi connectivity index (χ0) is 17.6. The summed E-state index contributed by atoms with van der Waals surface area (Å²) in [6, 6.07) is 7.16. The highest BCUT2D eigenvalue weighted by molar-refractivity contribution is 8.04. The molecule has 0 aliphatic rings. The first-order valence-electron chi connectivity index (χ1n) is 8.18. The Kier molecular flexibility index (Phi) is 8.41. The maximum absolute atomic E-state index is 12.8. The van der Waals surface area contributed by atoms with E-state index in [0.29, 0.717) is 21.6 Å². The van der Waals surface area contributed by atoms with Crippen LogP contribution < -0.4 is 0 Å². The van der Waals surface area contributed by atoms with Crippen molar-refractivity contribution in [3.8, 4) is 0 Å². The molecule has 0 fully saturated rings. The third-order valence-corrected chi connectivity index (χ3v) is 5.95. The van der Waals surface area contributed by atoms with E-state index in [9.17, 15) is 9.59 Å². The van der Waals surface area contributed by atoms with Gasteiger partial charge in [-0.3, -0.25) is 9.59 Å². The molecule has 23 heavy (non-hydrogen) atoms. The van der Waals surface area contributed by atoms with Crippen molar-refractivity contribution in [1.29, 1.82) is 0 Å². The molecular formula is C19H28O2S2. The number of hydrogen-bond donors (Lipinski definition) is 0. The van der Waals surface area contributed by atoms with Crippen LogP contribution in [-0.2, 0) is 0 Å². The third-order valence-electron chi connectivity index (χ3n) is 3.29. The smallest absolute Gasteiger partial charge is 0.176 e. The minimum atomic E-state index is -0.0333. The zero-order valence-corrected chi connectivity index (χ0v) is 16.6. The van der Waals surface area contributed by atoms with E-state index >= 15 is 0 Å². The van der Waals surface area contributed by atoms with Crippen molar-refractivity contribution >= 4 is 35.1 Å². The molecule has 1 aromatic carbocycles. The standard InChI is InChI=1S/C19H28O2S2/c1-12(2)18(20)15-7-9-16(10-8-15)19(21)17(23-14(5)6)11-22-13(3)4/h7-10,12-14,17H,11H2,1-6H3. The molecule has 1 atom stereocenters. The molecule has 0 spiro atoms. The summed E-state index contributed by atoms with van der Waals surface area (Å²) in [5.41, 5.74) is 1.38. The lowest BCUT2D eigenvalue weighted by molar-refractivity contribution is 0.0937. The van der Waals surface area contributed by atoms with Crippen molar-refractivity contribution in [3.63, 3.8) is 0 Å². The monoisotopic (exact) mass is 352 g/mol. The van der Waals surface area contributed by atoms with Gasteiger partial charge in [0.05, 0.1) is 5.25 Å². The number of thioether (sulfide) groups is 2. The van der Waals surface area contributed by atoms with E-state index in [1.165, 1.54) is 0 Å². The second-order valence-electron chi connectivity index (χ2n) is 6.52. The average Bonchev–Trinajstić information content (AvgIpc) is 2.49. The van der Waals surface area contributed by atoms with Crippen molar-refractivity contribution in [1.82, 2.24) is 0 Å². The van der Waals surface area contributed by atoms with Gasteiger partial charge in [-0.25, -0.2) is 0 Å². The highest BCUT2D eigenvalue weighted by Crippen LogP contribution is 2.26. The predicted octanol–water partition coefficient (Wildman–Crippen LogP) is 5.36. The molecule has 128 valence electrons. The van der Waals surface area contributed by atoms with E-state index in [0.717, 1.165) is 5.75 Å². The van der Waals surface area contributed by atoms with Gasteiger partial charge in [0, 0.05) is 22.8 Å². The number of ketones is 2. The van der Waals surface area contributed by atoms with E-state index < -0.39 is 0 Å². The van der Waals surface area contributed by atoms with Crippen LogP contribution in [0.3, 0.4) is 0 Å². The van der Waals surface area contributed by atoms with Gasteiger partial charge < -0.3 is 0 Å². The first kappa shape index (κ1) is 20.3. The highest BCUT2D eigenvalue weighted by atomic mass is 32.2. The summed E-state index contributed by atoms with van der Waals surface area (Å²) in [5, 5.41) is 0.900. The maximum atomic E-state index is 12.8. The Morgan fingerprint density at radius 2 is 1.30 bits per heavy atom. The summed E-state index contributed by atoms with van der Waals surface area (Å²) in [7, 11) is 0. The van der Waals surface area contributed by atoms with Gasteiger partial charge in [0.1, 0.15) is 0 Å². The molecule has 4 heteroatoms. The molecule has 0 saturated carbocycles. The van der Waals surface area contributed by atoms with Crippen molar-refractivity contribution in [2.45, 2.75) is 57.3 Å². The molecule has 1 rings (SSSR count).